The van der Waals surface area contributed by atoms with Crippen molar-refractivity contribution >= 4 is 17.5 Å². The van der Waals surface area contributed by atoms with Crippen molar-refractivity contribution in [3.8, 4) is 0 Å². The summed E-state index contributed by atoms with van der Waals surface area (Å²) >= 11 is 0. The SMILES string of the molecule is CCc1cccc(CC)c1NC(=O)c1ccnc(C(=O)NCc2ccccc2)c1. The number of carbonyl (C=O) groups excluding carboxylic acids is 2. The Kier molecular flexibility index (Phi) is 6.74. The molecule has 0 aliphatic rings. The number of para-hydroxylation sites is 1. The number of anilines is 1. The first-order chi connectivity index (χ1) is 14.1. The Morgan fingerprint density at radius 2 is 1.55 bits per heavy atom. The molecule has 0 saturated carbocycles. The van der Waals surface area contributed by atoms with E-state index >= 15 is 0 Å². The van der Waals surface area contributed by atoms with Gasteiger partial charge in [0.1, 0.15) is 5.69 Å². The van der Waals surface area contributed by atoms with Crippen LogP contribution in [-0.2, 0) is 19.4 Å². The van der Waals surface area contributed by atoms with Crippen LogP contribution >= 0.6 is 0 Å². The van der Waals surface area contributed by atoms with Crippen LogP contribution < -0.4 is 10.6 Å². The zero-order valence-corrected chi connectivity index (χ0v) is 16.7. The lowest BCUT2D eigenvalue weighted by atomic mass is 10.0. The molecule has 148 valence electrons. The molecule has 0 unspecified atom stereocenters. The fourth-order valence-electron chi connectivity index (χ4n) is 3.15. The Morgan fingerprint density at radius 3 is 2.21 bits per heavy atom. The summed E-state index contributed by atoms with van der Waals surface area (Å²) in [6, 6.07) is 18.8. The van der Waals surface area contributed by atoms with E-state index in [9.17, 15) is 9.59 Å². The van der Waals surface area contributed by atoms with Gasteiger partial charge in [-0.1, -0.05) is 62.4 Å². The Bertz CT molecular complexity index is 978. The second-order valence-electron chi connectivity index (χ2n) is 6.71. The lowest BCUT2D eigenvalue weighted by molar-refractivity contribution is 0.0946. The summed E-state index contributed by atoms with van der Waals surface area (Å²) in [5.41, 5.74) is 4.65. The number of aromatic nitrogens is 1. The molecule has 2 N–H and O–H groups in total. The average molecular weight is 387 g/mol. The number of amides is 2. The number of benzene rings is 2. The number of rotatable bonds is 7. The Hall–Kier alpha value is -3.47. The highest BCUT2D eigenvalue weighted by Crippen LogP contribution is 2.23. The third kappa shape index (κ3) is 5.08. The average Bonchev–Trinajstić information content (AvgIpc) is 2.78. The molecular formula is C24H25N3O2. The zero-order chi connectivity index (χ0) is 20.6. The number of carbonyl (C=O) groups is 2. The van der Waals surface area contributed by atoms with Gasteiger partial charge in [-0.25, -0.2) is 0 Å². The number of pyridine rings is 1. The molecule has 0 atom stereocenters. The van der Waals surface area contributed by atoms with E-state index in [1.807, 2.05) is 48.5 Å². The molecular weight excluding hydrogens is 362 g/mol. The van der Waals surface area contributed by atoms with Crippen LogP contribution in [0.15, 0.2) is 66.9 Å². The monoisotopic (exact) mass is 387 g/mol. The van der Waals surface area contributed by atoms with Gasteiger partial charge in [-0.15, -0.1) is 0 Å². The summed E-state index contributed by atoms with van der Waals surface area (Å²) in [7, 11) is 0. The van der Waals surface area contributed by atoms with Gasteiger partial charge in [0.2, 0.25) is 0 Å². The molecule has 5 nitrogen and oxygen atoms in total. The van der Waals surface area contributed by atoms with Crippen LogP contribution in [0.4, 0.5) is 5.69 Å². The number of aryl methyl sites for hydroxylation is 2. The van der Waals surface area contributed by atoms with E-state index in [1.165, 1.54) is 12.3 Å². The van der Waals surface area contributed by atoms with E-state index in [-0.39, 0.29) is 17.5 Å². The standard InChI is InChI=1S/C24H25N3O2/c1-3-18-11-8-12-19(4-2)22(18)27-23(28)20-13-14-25-21(15-20)24(29)26-16-17-9-6-5-7-10-17/h5-15H,3-4,16H2,1-2H3,(H,26,29)(H,27,28). The topological polar surface area (TPSA) is 71.1 Å². The number of nitrogens with zero attached hydrogens (tertiary/aromatic N) is 1. The summed E-state index contributed by atoms with van der Waals surface area (Å²) in [4.78, 5) is 29.4. The van der Waals surface area contributed by atoms with Crippen LogP contribution in [0.25, 0.3) is 0 Å². The van der Waals surface area contributed by atoms with Crippen molar-refractivity contribution in [1.82, 2.24) is 10.3 Å². The van der Waals surface area contributed by atoms with Gasteiger partial charge in [0.25, 0.3) is 11.8 Å². The molecule has 3 rings (SSSR count). The molecule has 1 aromatic heterocycles. The summed E-state index contributed by atoms with van der Waals surface area (Å²) in [5, 5.41) is 5.86. The Labute approximate surface area is 171 Å². The van der Waals surface area contributed by atoms with Gasteiger partial charge < -0.3 is 10.6 Å². The quantitative estimate of drug-likeness (QED) is 0.632. The summed E-state index contributed by atoms with van der Waals surface area (Å²) in [6.07, 6.45) is 3.14. The van der Waals surface area contributed by atoms with Gasteiger partial charge in [0.05, 0.1) is 0 Å². The molecule has 0 radical (unpaired) electrons. The highest BCUT2D eigenvalue weighted by Gasteiger charge is 2.14. The third-order valence-corrected chi connectivity index (χ3v) is 4.79. The van der Waals surface area contributed by atoms with E-state index in [0.29, 0.717) is 12.1 Å². The van der Waals surface area contributed by atoms with Gasteiger partial charge in [-0.3, -0.25) is 14.6 Å². The van der Waals surface area contributed by atoms with Crippen molar-refractivity contribution in [2.75, 3.05) is 5.32 Å². The minimum atomic E-state index is -0.313. The Morgan fingerprint density at radius 1 is 0.862 bits per heavy atom. The maximum absolute atomic E-state index is 12.8. The molecule has 0 bridgehead atoms. The van der Waals surface area contributed by atoms with Crippen molar-refractivity contribution < 1.29 is 9.59 Å². The normalized spacial score (nSPS) is 10.4. The molecule has 2 aromatic carbocycles. The van der Waals surface area contributed by atoms with Gasteiger partial charge in [0.15, 0.2) is 0 Å². The van der Waals surface area contributed by atoms with Crippen LogP contribution in [0.5, 0.6) is 0 Å². The highest BCUT2D eigenvalue weighted by molar-refractivity contribution is 6.06. The molecule has 3 aromatic rings. The molecule has 0 aliphatic heterocycles. The van der Waals surface area contributed by atoms with Crippen molar-refractivity contribution in [3.05, 3.63) is 94.8 Å². The van der Waals surface area contributed by atoms with Crippen LogP contribution in [0.1, 0.15) is 51.4 Å². The minimum Gasteiger partial charge on any atom is -0.347 e. The fraction of sp³-hybridized carbons (Fsp3) is 0.208. The molecule has 0 saturated heterocycles. The van der Waals surface area contributed by atoms with Crippen LogP contribution in [-0.4, -0.2) is 16.8 Å². The van der Waals surface area contributed by atoms with Crippen molar-refractivity contribution in [3.63, 3.8) is 0 Å². The van der Waals surface area contributed by atoms with Gasteiger partial charge in [-0.05, 0) is 41.7 Å². The van der Waals surface area contributed by atoms with Crippen LogP contribution in [0.3, 0.4) is 0 Å². The molecule has 0 aliphatic carbocycles. The van der Waals surface area contributed by atoms with E-state index in [1.54, 1.807) is 6.07 Å². The predicted octanol–water partition coefficient (Wildman–Crippen LogP) is 4.39. The summed E-state index contributed by atoms with van der Waals surface area (Å²) < 4.78 is 0. The van der Waals surface area contributed by atoms with Crippen LogP contribution in [0, 0.1) is 0 Å². The van der Waals surface area contributed by atoms with E-state index in [0.717, 1.165) is 35.2 Å². The molecule has 0 spiro atoms. The van der Waals surface area contributed by atoms with Crippen molar-refractivity contribution in [2.45, 2.75) is 33.2 Å². The fourth-order valence-corrected chi connectivity index (χ4v) is 3.15. The van der Waals surface area contributed by atoms with E-state index in [4.69, 9.17) is 0 Å². The largest absolute Gasteiger partial charge is 0.347 e. The highest BCUT2D eigenvalue weighted by atomic mass is 16.2. The number of nitrogens with one attached hydrogen (secondary N) is 2. The first-order valence-corrected chi connectivity index (χ1v) is 9.82. The second-order valence-corrected chi connectivity index (χ2v) is 6.71. The lowest BCUT2D eigenvalue weighted by Gasteiger charge is -2.14. The Balaban J connectivity index is 1.74. The third-order valence-electron chi connectivity index (χ3n) is 4.79. The maximum Gasteiger partial charge on any atom is 0.270 e. The molecule has 29 heavy (non-hydrogen) atoms. The molecule has 5 heteroatoms. The van der Waals surface area contributed by atoms with Crippen LogP contribution in [0.2, 0.25) is 0 Å². The van der Waals surface area contributed by atoms with Gasteiger partial charge in [-0.2, -0.15) is 0 Å². The lowest BCUT2D eigenvalue weighted by Crippen LogP contribution is -2.24. The van der Waals surface area contributed by atoms with Gasteiger partial charge in [0, 0.05) is 24.0 Å². The van der Waals surface area contributed by atoms with Crippen molar-refractivity contribution in [2.24, 2.45) is 0 Å². The molecule has 2 amide bonds. The first kappa shape index (κ1) is 20.3. The number of hydrogen-bond acceptors (Lipinski definition) is 3. The number of hydrogen-bond donors (Lipinski definition) is 2. The zero-order valence-electron chi connectivity index (χ0n) is 16.7. The summed E-state index contributed by atoms with van der Waals surface area (Å²) in [5.74, 6) is -0.563. The maximum atomic E-state index is 12.8. The predicted molar refractivity (Wildman–Crippen MR) is 115 cm³/mol. The summed E-state index contributed by atoms with van der Waals surface area (Å²) in [6.45, 7) is 4.53. The molecule has 1 heterocycles. The van der Waals surface area contributed by atoms with Crippen molar-refractivity contribution in [1.29, 1.82) is 0 Å². The molecule has 0 fully saturated rings. The van der Waals surface area contributed by atoms with E-state index < -0.39 is 0 Å². The van der Waals surface area contributed by atoms with Gasteiger partial charge >= 0.3 is 0 Å². The second kappa shape index (κ2) is 9.64. The first-order valence-electron chi connectivity index (χ1n) is 9.82. The van der Waals surface area contributed by atoms with E-state index in [2.05, 4.69) is 29.5 Å². The smallest absolute Gasteiger partial charge is 0.270 e. The minimum absolute atomic E-state index is 0.216.